The van der Waals surface area contributed by atoms with Crippen LogP contribution in [0.2, 0.25) is 10.0 Å². The van der Waals surface area contributed by atoms with Crippen molar-refractivity contribution in [2.45, 2.75) is 6.42 Å². The van der Waals surface area contributed by atoms with E-state index in [2.05, 4.69) is 10.6 Å². The number of hydrogen-bond donors (Lipinski definition) is 2. The van der Waals surface area contributed by atoms with E-state index in [0.29, 0.717) is 34.7 Å². The molecule has 5 nitrogen and oxygen atoms in total. The first-order chi connectivity index (χ1) is 10.5. The predicted octanol–water partition coefficient (Wildman–Crippen LogP) is 2.10. The van der Waals surface area contributed by atoms with Gasteiger partial charge >= 0.3 is 0 Å². The Hall–Kier alpha value is -1.01. The molecule has 126 valence electrons. The fourth-order valence-electron chi connectivity index (χ4n) is 2.71. The summed E-state index contributed by atoms with van der Waals surface area (Å²) in [6.45, 7) is 2.91. The lowest BCUT2D eigenvalue weighted by molar-refractivity contribution is -0.126. The summed E-state index contributed by atoms with van der Waals surface area (Å²) in [6, 6.07) is 4.99. The van der Waals surface area contributed by atoms with Crippen LogP contribution >= 0.6 is 35.6 Å². The number of nitrogens with zero attached hydrogens (tertiary/aromatic N) is 1. The second-order valence-electron chi connectivity index (χ2n) is 5.80. The van der Waals surface area contributed by atoms with E-state index in [1.54, 1.807) is 23.1 Å². The van der Waals surface area contributed by atoms with Crippen molar-refractivity contribution in [3.63, 3.8) is 0 Å². The van der Waals surface area contributed by atoms with E-state index in [0.717, 1.165) is 13.1 Å². The van der Waals surface area contributed by atoms with Crippen LogP contribution in [0.3, 0.4) is 0 Å². The van der Waals surface area contributed by atoms with Gasteiger partial charge in [0.25, 0.3) is 0 Å². The SMILES string of the molecule is Cl.O=C(NCC1CNC1)C1CC(=O)N(c2cc(Cl)cc(Cl)c2)C1. The van der Waals surface area contributed by atoms with Crippen LogP contribution in [0.15, 0.2) is 18.2 Å². The Bertz CT molecular complexity index is 587. The molecule has 1 aromatic rings. The van der Waals surface area contributed by atoms with Crippen LogP contribution in [-0.2, 0) is 9.59 Å². The lowest BCUT2D eigenvalue weighted by Crippen LogP contribution is -2.49. The summed E-state index contributed by atoms with van der Waals surface area (Å²) in [6.07, 6.45) is 0.221. The Kier molecular flexibility index (Phi) is 6.14. The van der Waals surface area contributed by atoms with Crippen LogP contribution in [0, 0.1) is 11.8 Å². The average molecular weight is 379 g/mol. The van der Waals surface area contributed by atoms with Crippen molar-refractivity contribution in [1.82, 2.24) is 10.6 Å². The molecule has 2 saturated heterocycles. The number of amides is 2. The van der Waals surface area contributed by atoms with Crippen molar-refractivity contribution in [1.29, 1.82) is 0 Å². The highest BCUT2D eigenvalue weighted by Gasteiger charge is 2.35. The zero-order valence-corrected chi connectivity index (χ0v) is 14.7. The molecule has 0 bridgehead atoms. The molecular weight excluding hydrogens is 361 g/mol. The standard InChI is InChI=1S/C15H17Cl2N3O2.ClH/c16-11-2-12(17)4-13(3-11)20-8-10(1-14(20)21)15(22)19-7-9-5-18-6-9;/h2-4,9-10,18H,1,5-8H2,(H,19,22);1H. The van der Waals surface area contributed by atoms with Gasteiger partial charge in [0.15, 0.2) is 0 Å². The molecule has 0 aliphatic carbocycles. The third kappa shape index (κ3) is 4.29. The first kappa shape index (κ1) is 18.3. The van der Waals surface area contributed by atoms with E-state index in [1.807, 2.05) is 0 Å². The van der Waals surface area contributed by atoms with Crippen molar-refractivity contribution in [2.75, 3.05) is 31.1 Å². The molecule has 2 aliphatic rings. The van der Waals surface area contributed by atoms with Gasteiger partial charge in [0, 0.05) is 54.3 Å². The second-order valence-corrected chi connectivity index (χ2v) is 6.68. The van der Waals surface area contributed by atoms with Gasteiger partial charge in [-0.3, -0.25) is 9.59 Å². The maximum atomic E-state index is 12.2. The maximum Gasteiger partial charge on any atom is 0.227 e. The Morgan fingerprint density at radius 3 is 2.48 bits per heavy atom. The summed E-state index contributed by atoms with van der Waals surface area (Å²) in [5.41, 5.74) is 0.640. The molecule has 2 heterocycles. The first-order valence-corrected chi connectivity index (χ1v) is 8.03. The van der Waals surface area contributed by atoms with Crippen LogP contribution in [-0.4, -0.2) is 38.0 Å². The monoisotopic (exact) mass is 377 g/mol. The third-order valence-electron chi connectivity index (χ3n) is 4.09. The number of benzene rings is 1. The summed E-state index contributed by atoms with van der Waals surface area (Å²) < 4.78 is 0. The lowest BCUT2D eigenvalue weighted by atomic mass is 10.0. The number of halogens is 3. The van der Waals surface area contributed by atoms with Crippen molar-refractivity contribution in [2.24, 2.45) is 11.8 Å². The summed E-state index contributed by atoms with van der Waals surface area (Å²) in [5, 5.41) is 7.04. The minimum atomic E-state index is -0.321. The predicted molar refractivity (Wildman–Crippen MR) is 93.5 cm³/mol. The van der Waals surface area contributed by atoms with Crippen LogP contribution in [0.25, 0.3) is 0 Å². The molecule has 8 heteroatoms. The number of rotatable bonds is 4. The van der Waals surface area contributed by atoms with Crippen molar-refractivity contribution in [3.05, 3.63) is 28.2 Å². The van der Waals surface area contributed by atoms with Gasteiger partial charge in [0.2, 0.25) is 11.8 Å². The van der Waals surface area contributed by atoms with Crippen LogP contribution in [0.1, 0.15) is 6.42 Å². The normalized spacial score (nSPS) is 20.9. The smallest absolute Gasteiger partial charge is 0.227 e. The van der Waals surface area contributed by atoms with Gasteiger partial charge in [-0.2, -0.15) is 0 Å². The van der Waals surface area contributed by atoms with E-state index in [-0.39, 0.29) is 36.6 Å². The highest BCUT2D eigenvalue weighted by Crippen LogP contribution is 2.30. The zero-order chi connectivity index (χ0) is 15.7. The highest BCUT2D eigenvalue weighted by molar-refractivity contribution is 6.35. The summed E-state index contributed by atoms with van der Waals surface area (Å²) in [5.74, 6) is 0.0434. The van der Waals surface area contributed by atoms with Gasteiger partial charge < -0.3 is 15.5 Å². The lowest BCUT2D eigenvalue weighted by Gasteiger charge is -2.27. The topological polar surface area (TPSA) is 61.4 Å². The molecule has 3 rings (SSSR count). The molecule has 1 unspecified atom stereocenters. The quantitative estimate of drug-likeness (QED) is 0.843. The number of carbonyl (C=O) groups excluding carboxylic acids is 2. The molecule has 2 aliphatic heterocycles. The number of nitrogens with one attached hydrogen (secondary N) is 2. The van der Waals surface area contributed by atoms with E-state index in [4.69, 9.17) is 23.2 Å². The zero-order valence-electron chi connectivity index (χ0n) is 12.4. The Morgan fingerprint density at radius 1 is 1.26 bits per heavy atom. The summed E-state index contributed by atoms with van der Waals surface area (Å²) in [4.78, 5) is 25.9. The van der Waals surface area contributed by atoms with Gasteiger partial charge in [-0.25, -0.2) is 0 Å². The van der Waals surface area contributed by atoms with Gasteiger partial charge in [-0.15, -0.1) is 12.4 Å². The molecule has 23 heavy (non-hydrogen) atoms. The van der Waals surface area contributed by atoms with Crippen LogP contribution in [0.4, 0.5) is 5.69 Å². The molecule has 0 radical (unpaired) electrons. The largest absolute Gasteiger partial charge is 0.355 e. The molecule has 2 amide bonds. The molecular formula is C15H18Cl3N3O2. The molecule has 1 aromatic carbocycles. The molecule has 2 N–H and O–H groups in total. The Labute approximate surface area is 151 Å². The molecule has 1 atom stereocenters. The minimum absolute atomic E-state index is 0. The molecule has 0 aromatic heterocycles. The van der Waals surface area contributed by atoms with E-state index >= 15 is 0 Å². The van der Waals surface area contributed by atoms with Crippen molar-refractivity contribution >= 4 is 53.1 Å². The molecule has 0 saturated carbocycles. The number of hydrogen-bond acceptors (Lipinski definition) is 3. The summed E-state index contributed by atoms with van der Waals surface area (Å²) in [7, 11) is 0. The minimum Gasteiger partial charge on any atom is -0.355 e. The average Bonchev–Trinajstić information content (AvgIpc) is 2.78. The fraction of sp³-hybridized carbons (Fsp3) is 0.467. The fourth-order valence-corrected chi connectivity index (χ4v) is 3.22. The van der Waals surface area contributed by atoms with E-state index < -0.39 is 0 Å². The van der Waals surface area contributed by atoms with Gasteiger partial charge in [-0.05, 0) is 18.2 Å². The molecule has 2 fully saturated rings. The Balaban J connectivity index is 0.00000192. The number of anilines is 1. The second kappa shape index (κ2) is 7.71. The summed E-state index contributed by atoms with van der Waals surface area (Å²) >= 11 is 11.9. The highest BCUT2D eigenvalue weighted by atomic mass is 35.5. The Morgan fingerprint density at radius 2 is 1.91 bits per heavy atom. The third-order valence-corrected chi connectivity index (χ3v) is 4.52. The van der Waals surface area contributed by atoms with Crippen LogP contribution < -0.4 is 15.5 Å². The van der Waals surface area contributed by atoms with Gasteiger partial charge in [0.1, 0.15) is 0 Å². The van der Waals surface area contributed by atoms with Gasteiger partial charge in [-0.1, -0.05) is 23.2 Å². The first-order valence-electron chi connectivity index (χ1n) is 7.28. The van der Waals surface area contributed by atoms with Crippen molar-refractivity contribution in [3.8, 4) is 0 Å². The molecule has 0 spiro atoms. The van der Waals surface area contributed by atoms with Crippen LogP contribution in [0.5, 0.6) is 0 Å². The number of carbonyl (C=O) groups is 2. The van der Waals surface area contributed by atoms with Crippen molar-refractivity contribution < 1.29 is 9.59 Å². The van der Waals surface area contributed by atoms with E-state index in [1.165, 1.54) is 0 Å². The van der Waals surface area contributed by atoms with E-state index in [9.17, 15) is 9.59 Å². The van der Waals surface area contributed by atoms with Gasteiger partial charge in [0.05, 0.1) is 5.92 Å². The maximum absolute atomic E-state index is 12.2.